The largest absolute Gasteiger partial charge is 0.355 e. The van der Waals surface area contributed by atoms with Crippen LogP contribution in [-0.2, 0) is 14.1 Å². The van der Waals surface area contributed by atoms with Gasteiger partial charge in [-0.25, -0.2) is 9.34 Å². The van der Waals surface area contributed by atoms with Crippen LogP contribution in [0.25, 0.3) is 0 Å². The lowest BCUT2D eigenvalue weighted by Crippen LogP contribution is -2.43. The Morgan fingerprint density at radius 1 is 0.897 bits per heavy atom. The van der Waals surface area contributed by atoms with Crippen LogP contribution in [0.2, 0.25) is 0 Å². The second kappa shape index (κ2) is 16.0. The zero-order valence-electron chi connectivity index (χ0n) is 20.5. The van der Waals surface area contributed by atoms with E-state index in [4.69, 9.17) is 9.26 Å². The molecule has 0 N–H and O–H groups in total. The van der Waals surface area contributed by atoms with Gasteiger partial charge in [-0.05, 0) is 75.9 Å². The van der Waals surface area contributed by atoms with Crippen molar-refractivity contribution < 1.29 is 14.1 Å². The molecular formula is C21H46N3O3PS. The van der Waals surface area contributed by atoms with E-state index in [0.717, 1.165) is 18.7 Å². The van der Waals surface area contributed by atoms with Crippen LogP contribution in [0.15, 0.2) is 0 Å². The fourth-order valence-electron chi connectivity index (χ4n) is 3.11. The highest BCUT2D eigenvalue weighted by molar-refractivity contribution is 8.13. The minimum Gasteiger partial charge on any atom is -0.355 e. The monoisotopic (exact) mass is 451 g/mol. The van der Waals surface area contributed by atoms with Crippen LogP contribution in [-0.4, -0.2) is 83.3 Å². The van der Waals surface area contributed by atoms with Crippen molar-refractivity contribution in [1.82, 2.24) is 14.2 Å². The summed E-state index contributed by atoms with van der Waals surface area (Å²) in [6.45, 7) is 19.5. The molecule has 8 heteroatoms. The van der Waals surface area contributed by atoms with Gasteiger partial charge in [0.05, 0.1) is 6.61 Å². The lowest BCUT2D eigenvalue weighted by atomic mass is 10.3. The van der Waals surface area contributed by atoms with Crippen LogP contribution < -0.4 is 0 Å². The number of nitrogens with zero attached hydrogens (tertiary/aromatic N) is 3. The summed E-state index contributed by atoms with van der Waals surface area (Å²) in [6, 6.07) is 1.58. The van der Waals surface area contributed by atoms with Crippen LogP contribution in [0.4, 0.5) is 0 Å². The molecule has 0 aromatic rings. The van der Waals surface area contributed by atoms with Crippen molar-refractivity contribution in [3.8, 4) is 0 Å². The molecule has 6 nitrogen and oxygen atoms in total. The maximum atomic E-state index is 11.8. The summed E-state index contributed by atoms with van der Waals surface area (Å²) < 4.78 is 17.0. The maximum absolute atomic E-state index is 11.8. The van der Waals surface area contributed by atoms with Crippen molar-refractivity contribution in [1.29, 1.82) is 0 Å². The first-order valence-electron chi connectivity index (χ1n) is 10.9. The lowest BCUT2D eigenvalue weighted by molar-refractivity contribution is -0.111. The van der Waals surface area contributed by atoms with Gasteiger partial charge in [-0.3, -0.25) is 4.79 Å². The highest BCUT2D eigenvalue weighted by Crippen LogP contribution is 2.50. The molecule has 0 unspecified atom stereocenters. The smallest absolute Gasteiger partial charge is 0.191 e. The van der Waals surface area contributed by atoms with Gasteiger partial charge in [0, 0.05) is 42.9 Å². The minimum atomic E-state index is -0.914. The molecule has 0 heterocycles. The number of hydrogen-bond donors (Lipinski definition) is 0. The van der Waals surface area contributed by atoms with Gasteiger partial charge in [0.2, 0.25) is 0 Å². The molecule has 0 atom stereocenters. The average molecular weight is 452 g/mol. The number of hydrogen-bond acceptors (Lipinski definition) is 7. The van der Waals surface area contributed by atoms with E-state index < -0.39 is 8.45 Å². The molecule has 0 amide bonds. The van der Waals surface area contributed by atoms with Crippen LogP contribution in [0.5, 0.6) is 0 Å². The van der Waals surface area contributed by atoms with Crippen molar-refractivity contribution in [2.24, 2.45) is 0 Å². The number of thioether (sulfide) groups is 1. The van der Waals surface area contributed by atoms with E-state index in [2.05, 4.69) is 64.7 Å². The molecule has 0 fully saturated rings. The van der Waals surface area contributed by atoms with E-state index in [1.807, 2.05) is 19.0 Å². The molecule has 0 spiro atoms. The minimum absolute atomic E-state index is 0.257. The molecule has 0 saturated carbocycles. The summed E-state index contributed by atoms with van der Waals surface area (Å²) in [5.41, 5.74) is 0. The third kappa shape index (κ3) is 12.6. The molecule has 0 rings (SSSR count). The Labute approximate surface area is 186 Å². The van der Waals surface area contributed by atoms with Gasteiger partial charge in [0.25, 0.3) is 0 Å². The van der Waals surface area contributed by atoms with E-state index in [-0.39, 0.29) is 11.9 Å². The molecule has 0 saturated heterocycles. The SMILES string of the molecule is CC(C)N(C(C)C)P(OCOCCCSC(=O)CCN(C)C)N(C(C)C)C(C)C. The van der Waals surface area contributed by atoms with Gasteiger partial charge in [0.15, 0.2) is 20.4 Å². The zero-order valence-corrected chi connectivity index (χ0v) is 22.2. The lowest BCUT2D eigenvalue weighted by Gasteiger charge is -2.45. The van der Waals surface area contributed by atoms with Crippen LogP contribution in [0.1, 0.15) is 68.2 Å². The Morgan fingerprint density at radius 2 is 1.38 bits per heavy atom. The molecular weight excluding hydrogens is 405 g/mol. The van der Waals surface area contributed by atoms with Gasteiger partial charge in [-0.2, -0.15) is 0 Å². The predicted octanol–water partition coefficient (Wildman–Crippen LogP) is 5.04. The second-order valence-corrected chi connectivity index (χ2v) is 11.5. The topological polar surface area (TPSA) is 45.3 Å². The molecule has 0 bridgehead atoms. The molecule has 0 aliphatic rings. The first kappa shape index (κ1) is 29.2. The summed E-state index contributed by atoms with van der Waals surface area (Å²) in [4.78, 5) is 13.8. The Morgan fingerprint density at radius 3 is 1.79 bits per heavy atom. The molecule has 0 aromatic carbocycles. The fourth-order valence-corrected chi connectivity index (χ4v) is 6.09. The van der Waals surface area contributed by atoms with Gasteiger partial charge >= 0.3 is 0 Å². The summed E-state index contributed by atoms with van der Waals surface area (Å²) in [6.07, 6.45) is 1.46. The Kier molecular flexibility index (Phi) is 16.1. The van der Waals surface area contributed by atoms with Crippen LogP contribution in [0, 0.1) is 0 Å². The molecule has 0 aliphatic heterocycles. The normalized spacial score (nSPS) is 12.9. The van der Waals surface area contributed by atoms with Crippen molar-refractivity contribution in [2.75, 3.05) is 39.8 Å². The van der Waals surface area contributed by atoms with E-state index in [1.54, 1.807) is 0 Å². The van der Waals surface area contributed by atoms with E-state index >= 15 is 0 Å². The van der Waals surface area contributed by atoms with E-state index in [0.29, 0.717) is 37.2 Å². The Hall–Kier alpha value is 0.250. The third-order valence-corrected chi connectivity index (χ3v) is 8.22. The van der Waals surface area contributed by atoms with Gasteiger partial charge in [0.1, 0.15) is 0 Å². The first-order valence-corrected chi connectivity index (χ1v) is 13.0. The molecule has 0 aliphatic carbocycles. The summed E-state index contributed by atoms with van der Waals surface area (Å²) in [5, 5.41) is 0.257. The van der Waals surface area contributed by atoms with Crippen molar-refractivity contribution >= 4 is 25.3 Å². The standard InChI is InChI=1S/C21H46N3O3PS/c1-17(2)23(18(3)4)28(24(19(5)6)20(7)8)27-16-26-14-11-15-29-21(25)12-13-22(9)10/h17-20H,11-16H2,1-10H3. The van der Waals surface area contributed by atoms with E-state index in [1.165, 1.54) is 11.8 Å². The Balaban J connectivity index is 4.52. The zero-order chi connectivity index (χ0) is 22.6. The predicted molar refractivity (Wildman–Crippen MR) is 128 cm³/mol. The molecule has 174 valence electrons. The molecule has 29 heavy (non-hydrogen) atoms. The average Bonchev–Trinajstić information content (AvgIpc) is 2.57. The molecule has 0 aromatic heterocycles. The van der Waals surface area contributed by atoms with Crippen molar-refractivity contribution in [2.45, 2.75) is 92.4 Å². The first-order chi connectivity index (χ1) is 13.5. The summed E-state index contributed by atoms with van der Waals surface area (Å²) in [5.74, 6) is 0.801. The van der Waals surface area contributed by atoms with Crippen molar-refractivity contribution in [3.63, 3.8) is 0 Å². The second-order valence-electron chi connectivity index (χ2n) is 8.67. The number of carbonyl (C=O) groups is 1. The van der Waals surface area contributed by atoms with E-state index in [9.17, 15) is 4.79 Å². The highest BCUT2D eigenvalue weighted by Gasteiger charge is 2.34. The summed E-state index contributed by atoms with van der Waals surface area (Å²) >= 11 is 1.41. The van der Waals surface area contributed by atoms with Crippen LogP contribution in [0.3, 0.4) is 0 Å². The number of ether oxygens (including phenoxy) is 1. The molecule has 0 radical (unpaired) electrons. The van der Waals surface area contributed by atoms with Gasteiger partial charge in [-0.15, -0.1) is 0 Å². The fraction of sp³-hybridized carbons (Fsp3) is 0.952. The van der Waals surface area contributed by atoms with Crippen LogP contribution >= 0.6 is 20.2 Å². The summed E-state index contributed by atoms with van der Waals surface area (Å²) in [7, 11) is 3.06. The van der Waals surface area contributed by atoms with Gasteiger partial charge < -0.3 is 14.2 Å². The number of rotatable bonds is 16. The van der Waals surface area contributed by atoms with Gasteiger partial charge in [-0.1, -0.05) is 11.8 Å². The Bertz CT molecular complexity index is 401. The maximum Gasteiger partial charge on any atom is 0.191 e. The third-order valence-electron chi connectivity index (χ3n) is 4.22. The quantitative estimate of drug-likeness (QED) is 0.185. The van der Waals surface area contributed by atoms with Crippen molar-refractivity contribution in [3.05, 3.63) is 0 Å². The number of carbonyl (C=O) groups excluding carboxylic acids is 1. The highest BCUT2D eigenvalue weighted by atomic mass is 32.2.